The zero-order chi connectivity index (χ0) is 21.8. The van der Waals surface area contributed by atoms with Crippen LogP contribution < -0.4 is 5.32 Å². The summed E-state index contributed by atoms with van der Waals surface area (Å²) in [4.78, 5) is 30.9. The van der Waals surface area contributed by atoms with Crippen molar-refractivity contribution in [2.45, 2.75) is 18.0 Å². The summed E-state index contributed by atoms with van der Waals surface area (Å²) in [6.45, 7) is -0.0113. The van der Waals surface area contributed by atoms with Crippen LogP contribution in [-0.2, 0) is 0 Å². The van der Waals surface area contributed by atoms with Gasteiger partial charge < -0.3 is 5.32 Å². The maximum atomic E-state index is 14.6. The molecule has 3 aromatic rings. The van der Waals surface area contributed by atoms with Gasteiger partial charge >= 0.3 is 0 Å². The number of nitriles is 1. The van der Waals surface area contributed by atoms with Crippen LogP contribution in [0.1, 0.15) is 38.7 Å². The van der Waals surface area contributed by atoms with E-state index in [-0.39, 0.29) is 29.1 Å². The molecule has 2 atom stereocenters. The number of benzene rings is 1. The monoisotopic (exact) mass is 436 g/mol. The number of imide groups is 1. The Bertz CT molecular complexity index is 1240. The molecule has 1 aliphatic carbocycles. The fraction of sp³-hybridized carbons (Fsp3) is 0.190. The molecule has 10 heteroatoms. The lowest BCUT2D eigenvalue weighted by atomic mass is 10.1. The van der Waals surface area contributed by atoms with Gasteiger partial charge in [-0.05, 0) is 30.7 Å². The molecule has 2 aliphatic rings. The van der Waals surface area contributed by atoms with Gasteiger partial charge in [-0.25, -0.2) is 9.37 Å². The zero-order valence-corrected chi connectivity index (χ0v) is 16.7. The van der Waals surface area contributed by atoms with Crippen LogP contribution in [0.4, 0.5) is 10.2 Å². The van der Waals surface area contributed by atoms with Crippen LogP contribution in [0.25, 0.3) is 0 Å². The summed E-state index contributed by atoms with van der Waals surface area (Å²) >= 11 is 5.99. The molecule has 1 unspecified atom stereocenters. The molecule has 1 aromatic carbocycles. The van der Waals surface area contributed by atoms with Crippen molar-refractivity contribution in [1.82, 2.24) is 19.7 Å². The Morgan fingerprint density at radius 3 is 2.58 bits per heavy atom. The van der Waals surface area contributed by atoms with Gasteiger partial charge in [0.15, 0.2) is 11.6 Å². The van der Waals surface area contributed by atoms with Crippen LogP contribution in [-0.4, -0.2) is 43.6 Å². The highest BCUT2D eigenvalue weighted by molar-refractivity contribution is 6.30. The minimum absolute atomic E-state index is 0.0113. The summed E-state index contributed by atoms with van der Waals surface area (Å²) in [5.41, 5.74) is -0.307. The van der Waals surface area contributed by atoms with E-state index in [1.165, 1.54) is 0 Å². The van der Waals surface area contributed by atoms with E-state index in [2.05, 4.69) is 15.4 Å². The van der Waals surface area contributed by atoms with Crippen LogP contribution in [0.5, 0.6) is 0 Å². The molecule has 0 radical (unpaired) electrons. The van der Waals surface area contributed by atoms with E-state index >= 15 is 0 Å². The molecular weight excluding hydrogens is 423 g/mol. The number of amides is 2. The number of hydrogen-bond donors (Lipinski definition) is 1. The molecule has 2 aromatic heterocycles. The van der Waals surface area contributed by atoms with Crippen molar-refractivity contribution < 1.29 is 14.0 Å². The average Bonchev–Trinajstić information content (AvgIpc) is 3.09. The Morgan fingerprint density at radius 2 is 1.97 bits per heavy atom. The molecule has 1 N–H and O–H groups in total. The maximum Gasteiger partial charge on any atom is 0.261 e. The van der Waals surface area contributed by atoms with Gasteiger partial charge in [0.05, 0.1) is 34.8 Å². The lowest BCUT2D eigenvalue weighted by Crippen LogP contribution is -2.43. The maximum absolute atomic E-state index is 14.6. The minimum atomic E-state index is -0.898. The third-order valence-electron chi connectivity index (χ3n) is 5.62. The summed E-state index contributed by atoms with van der Waals surface area (Å²) in [6, 6.07) is 10.9. The van der Waals surface area contributed by atoms with Crippen molar-refractivity contribution >= 4 is 29.2 Å². The molecule has 1 saturated carbocycles. The van der Waals surface area contributed by atoms with E-state index in [0.717, 1.165) is 11.0 Å². The summed E-state index contributed by atoms with van der Waals surface area (Å²) in [6.07, 6.45) is 3.84. The minimum Gasteiger partial charge on any atom is -0.358 e. The summed E-state index contributed by atoms with van der Waals surface area (Å²) in [5.74, 6) is -1.72. The number of rotatable bonds is 5. The van der Waals surface area contributed by atoms with Crippen LogP contribution in [0.15, 0.2) is 48.8 Å². The SMILES string of the molecule is N#Cc1cc(F)c(N[C@]2(CN3C(=O)c4ccccc4C3=O)CC2n2cccn2)nc1Cl. The highest BCUT2D eigenvalue weighted by Crippen LogP contribution is 2.51. The fourth-order valence-electron chi connectivity index (χ4n) is 3.97. The molecule has 0 saturated heterocycles. The van der Waals surface area contributed by atoms with Crippen molar-refractivity contribution in [2.24, 2.45) is 0 Å². The van der Waals surface area contributed by atoms with Gasteiger partial charge in [-0.2, -0.15) is 10.4 Å². The third kappa shape index (κ3) is 3.04. The second kappa shape index (κ2) is 6.89. The fourth-order valence-corrected chi connectivity index (χ4v) is 4.16. The molecule has 0 spiro atoms. The topological polar surface area (TPSA) is 104 Å². The second-order valence-corrected chi connectivity index (χ2v) is 7.86. The number of nitrogens with zero attached hydrogens (tertiary/aromatic N) is 5. The number of carbonyl (C=O) groups is 2. The number of hydrogen-bond acceptors (Lipinski definition) is 6. The molecule has 1 aliphatic heterocycles. The number of fused-ring (bicyclic) bond motifs is 1. The van der Waals surface area contributed by atoms with E-state index < -0.39 is 23.2 Å². The predicted molar refractivity (Wildman–Crippen MR) is 108 cm³/mol. The summed E-state index contributed by atoms with van der Waals surface area (Å²) in [5, 5.41) is 16.2. The first-order valence-electron chi connectivity index (χ1n) is 9.42. The summed E-state index contributed by atoms with van der Waals surface area (Å²) < 4.78 is 16.3. The van der Waals surface area contributed by atoms with E-state index in [9.17, 15) is 14.0 Å². The lowest BCUT2D eigenvalue weighted by Gasteiger charge is -2.25. The van der Waals surface area contributed by atoms with Crippen molar-refractivity contribution in [3.63, 3.8) is 0 Å². The smallest absolute Gasteiger partial charge is 0.261 e. The molecule has 1 fully saturated rings. The van der Waals surface area contributed by atoms with Crippen LogP contribution in [0, 0.1) is 17.1 Å². The van der Waals surface area contributed by atoms with Crippen molar-refractivity contribution in [3.8, 4) is 6.07 Å². The van der Waals surface area contributed by atoms with E-state index in [4.69, 9.17) is 16.9 Å². The lowest BCUT2D eigenvalue weighted by molar-refractivity contribution is 0.0640. The van der Waals surface area contributed by atoms with Crippen LogP contribution in [0.2, 0.25) is 5.15 Å². The highest BCUT2D eigenvalue weighted by atomic mass is 35.5. The molecule has 0 bridgehead atoms. The number of aromatic nitrogens is 3. The first-order valence-corrected chi connectivity index (χ1v) is 9.80. The van der Waals surface area contributed by atoms with Crippen molar-refractivity contribution in [2.75, 3.05) is 11.9 Å². The van der Waals surface area contributed by atoms with Crippen LogP contribution >= 0.6 is 11.6 Å². The molecule has 8 nitrogen and oxygen atoms in total. The van der Waals surface area contributed by atoms with Crippen LogP contribution in [0.3, 0.4) is 0 Å². The molecular formula is C21H14ClFN6O2. The van der Waals surface area contributed by atoms with Gasteiger partial charge in [0.1, 0.15) is 11.2 Å². The van der Waals surface area contributed by atoms with Gasteiger partial charge in [-0.3, -0.25) is 19.2 Å². The molecule has 3 heterocycles. The first-order chi connectivity index (χ1) is 14.9. The number of halogens is 2. The molecule has 154 valence electrons. The standard InChI is InChI=1S/C21H14ClFN6O2/c22-17-12(10-24)8-15(23)18(26-17)27-21(9-16(21)29-7-3-6-25-29)11-28-19(30)13-4-1-2-5-14(13)20(28)31/h1-8,16H,9,11H2,(H,26,27)/t16?,21-/m0/s1. The van der Waals surface area contributed by atoms with Gasteiger partial charge in [0.25, 0.3) is 11.8 Å². The highest BCUT2D eigenvalue weighted by Gasteiger charge is 2.59. The molecule has 2 amide bonds. The Balaban J connectivity index is 1.50. The Morgan fingerprint density at radius 1 is 1.26 bits per heavy atom. The average molecular weight is 437 g/mol. The van der Waals surface area contributed by atoms with E-state index in [0.29, 0.717) is 17.5 Å². The molecule has 5 rings (SSSR count). The van der Waals surface area contributed by atoms with E-state index in [1.54, 1.807) is 53.5 Å². The third-order valence-corrected chi connectivity index (χ3v) is 5.90. The number of carbonyl (C=O) groups excluding carboxylic acids is 2. The van der Waals surface area contributed by atoms with E-state index in [1.807, 2.05) is 0 Å². The van der Waals surface area contributed by atoms with Gasteiger partial charge in [0.2, 0.25) is 0 Å². The summed E-state index contributed by atoms with van der Waals surface area (Å²) in [7, 11) is 0. The van der Waals surface area contributed by atoms with Crippen molar-refractivity contribution in [1.29, 1.82) is 5.26 Å². The van der Waals surface area contributed by atoms with Gasteiger partial charge in [-0.15, -0.1) is 0 Å². The number of anilines is 1. The number of nitrogens with one attached hydrogen (secondary N) is 1. The van der Waals surface area contributed by atoms with Crippen molar-refractivity contribution in [3.05, 3.63) is 76.5 Å². The normalized spacial score (nSPS) is 21.7. The first kappa shape index (κ1) is 19.2. The Labute approximate surface area is 180 Å². The number of pyridine rings is 1. The molecule has 31 heavy (non-hydrogen) atoms. The van der Waals surface area contributed by atoms with Gasteiger partial charge in [0, 0.05) is 12.4 Å². The largest absolute Gasteiger partial charge is 0.358 e. The predicted octanol–water partition coefficient (Wildman–Crippen LogP) is 3.03. The second-order valence-electron chi connectivity index (χ2n) is 7.50. The Hall–Kier alpha value is -3.77. The zero-order valence-electron chi connectivity index (χ0n) is 15.9. The quantitative estimate of drug-likeness (QED) is 0.487. The Kier molecular flexibility index (Phi) is 4.27. The van der Waals surface area contributed by atoms with Gasteiger partial charge in [-0.1, -0.05) is 23.7 Å².